The van der Waals surface area contributed by atoms with Crippen LogP contribution < -0.4 is 5.32 Å². The Morgan fingerprint density at radius 1 is 0.618 bits per heavy atom. The number of fused-ring (bicyclic) bond motifs is 5. The van der Waals surface area contributed by atoms with Gasteiger partial charge in [0.2, 0.25) is 0 Å². The van der Waals surface area contributed by atoms with E-state index in [-0.39, 0.29) is 6.04 Å². The van der Waals surface area contributed by atoms with Gasteiger partial charge < -0.3 is 14.8 Å². The summed E-state index contributed by atoms with van der Waals surface area (Å²) >= 11 is 0. The lowest BCUT2D eigenvalue weighted by Gasteiger charge is -2.37. The van der Waals surface area contributed by atoms with Crippen LogP contribution in [0.4, 0.5) is 0 Å². The van der Waals surface area contributed by atoms with Crippen LogP contribution in [0, 0.1) is 5.92 Å². The number of aliphatic imine (C=N–C) groups is 1. The van der Waals surface area contributed by atoms with Gasteiger partial charge in [-0.1, -0.05) is 159 Å². The molecule has 0 radical (unpaired) electrons. The van der Waals surface area contributed by atoms with Crippen LogP contribution >= 0.6 is 0 Å². The molecule has 1 saturated carbocycles. The zero-order chi connectivity index (χ0) is 45.0. The summed E-state index contributed by atoms with van der Waals surface area (Å²) in [6.45, 7) is 0. The number of aromatic nitrogens is 1. The van der Waals surface area contributed by atoms with E-state index in [2.05, 4.69) is 203 Å². The highest BCUT2D eigenvalue weighted by molar-refractivity contribution is 6.10. The minimum absolute atomic E-state index is 0.00238. The zero-order valence-corrected chi connectivity index (χ0v) is 38.8. The molecule has 5 aromatic carbocycles. The van der Waals surface area contributed by atoms with Crippen molar-refractivity contribution in [2.45, 2.75) is 88.8 Å². The number of rotatable bonds is 8. The van der Waals surface area contributed by atoms with Gasteiger partial charge in [-0.15, -0.1) is 0 Å². The molecule has 1 aromatic heterocycles. The number of allylic oxidation sites excluding steroid dienone is 10. The first kappa shape index (κ1) is 41.1. The Kier molecular flexibility index (Phi) is 10.6. The minimum atomic E-state index is 0.00238. The summed E-state index contributed by atoms with van der Waals surface area (Å²) in [7, 11) is 0. The number of hydrogen-bond acceptors (Lipinski definition) is 3. The quantitative estimate of drug-likeness (QED) is 0.165. The van der Waals surface area contributed by atoms with Gasteiger partial charge in [0, 0.05) is 27.9 Å². The molecule has 4 heteroatoms. The van der Waals surface area contributed by atoms with E-state index in [1.54, 1.807) is 0 Å². The van der Waals surface area contributed by atoms with Crippen molar-refractivity contribution < 1.29 is 0 Å². The molecule has 0 bridgehead atoms. The first-order valence-electron chi connectivity index (χ1n) is 25.4. The third kappa shape index (κ3) is 7.42. The van der Waals surface area contributed by atoms with Gasteiger partial charge in [-0.2, -0.15) is 0 Å². The maximum atomic E-state index is 5.36. The van der Waals surface area contributed by atoms with Crippen molar-refractivity contribution in [3.8, 4) is 16.8 Å². The monoisotopic (exact) mass is 882 g/mol. The molecule has 0 spiro atoms. The fourth-order valence-electron chi connectivity index (χ4n) is 12.3. The summed E-state index contributed by atoms with van der Waals surface area (Å²) in [6, 6.07) is 45.8. The Hall–Kier alpha value is -7.17. The highest BCUT2D eigenvalue weighted by Gasteiger charge is 2.40. The van der Waals surface area contributed by atoms with E-state index in [1.165, 1.54) is 127 Å². The van der Waals surface area contributed by atoms with E-state index >= 15 is 0 Å². The van der Waals surface area contributed by atoms with Crippen LogP contribution in [0.2, 0.25) is 0 Å². The molecule has 1 fully saturated rings. The van der Waals surface area contributed by atoms with Crippen molar-refractivity contribution in [1.82, 2.24) is 14.8 Å². The molecule has 68 heavy (non-hydrogen) atoms. The molecule has 13 rings (SSSR count). The lowest BCUT2D eigenvalue weighted by Crippen LogP contribution is -2.39. The van der Waals surface area contributed by atoms with Crippen LogP contribution in [0.1, 0.15) is 93.4 Å². The molecule has 4 nitrogen and oxygen atoms in total. The second kappa shape index (κ2) is 17.5. The Bertz CT molecular complexity index is 3280. The van der Waals surface area contributed by atoms with E-state index in [9.17, 15) is 0 Å². The van der Waals surface area contributed by atoms with Crippen LogP contribution in [0.5, 0.6) is 0 Å². The number of amidine groups is 1. The van der Waals surface area contributed by atoms with Crippen LogP contribution in [0.3, 0.4) is 0 Å². The van der Waals surface area contributed by atoms with E-state index in [1.807, 2.05) is 0 Å². The van der Waals surface area contributed by atoms with Crippen molar-refractivity contribution >= 4 is 38.8 Å². The highest BCUT2D eigenvalue weighted by atomic mass is 15.2. The lowest BCUT2D eigenvalue weighted by molar-refractivity contribution is 0.263. The molecule has 3 unspecified atom stereocenters. The van der Waals surface area contributed by atoms with Gasteiger partial charge in [0.1, 0.15) is 5.84 Å². The zero-order valence-electron chi connectivity index (χ0n) is 38.8. The van der Waals surface area contributed by atoms with Crippen LogP contribution in [-0.4, -0.2) is 27.4 Å². The maximum absolute atomic E-state index is 5.36. The van der Waals surface area contributed by atoms with Gasteiger partial charge in [0.25, 0.3) is 0 Å². The summed E-state index contributed by atoms with van der Waals surface area (Å²) in [4.78, 5) is 8.11. The Labute approximate surface area is 401 Å². The average Bonchev–Trinajstić information content (AvgIpc) is 3.94. The van der Waals surface area contributed by atoms with Crippen molar-refractivity contribution in [2.75, 3.05) is 0 Å². The Morgan fingerprint density at radius 3 is 2.25 bits per heavy atom. The van der Waals surface area contributed by atoms with Crippen molar-refractivity contribution in [1.29, 1.82) is 0 Å². The molecule has 6 aromatic rings. The van der Waals surface area contributed by atoms with Crippen molar-refractivity contribution in [3.05, 3.63) is 233 Å². The molecular weight excluding hydrogens is 825 g/mol. The summed E-state index contributed by atoms with van der Waals surface area (Å²) in [5.41, 5.74) is 19.8. The molecule has 3 atom stereocenters. The summed E-state index contributed by atoms with van der Waals surface area (Å²) in [6.07, 6.45) is 39.1. The predicted octanol–water partition coefficient (Wildman–Crippen LogP) is 15.6. The summed E-state index contributed by atoms with van der Waals surface area (Å²) < 4.78 is 2.46. The predicted molar refractivity (Wildman–Crippen MR) is 284 cm³/mol. The molecule has 2 aliphatic heterocycles. The molecule has 7 aliphatic rings. The topological polar surface area (TPSA) is 32.6 Å². The van der Waals surface area contributed by atoms with Gasteiger partial charge >= 0.3 is 0 Å². The Balaban J connectivity index is 0.796. The van der Waals surface area contributed by atoms with Gasteiger partial charge in [-0.05, 0) is 162 Å². The van der Waals surface area contributed by atoms with Crippen molar-refractivity contribution in [2.24, 2.45) is 10.9 Å². The van der Waals surface area contributed by atoms with Crippen molar-refractivity contribution in [3.63, 3.8) is 0 Å². The maximum Gasteiger partial charge on any atom is 0.129 e. The van der Waals surface area contributed by atoms with Gasteiger partial charge in [0.15, 0.2) is 0 Å². The van der Waals surface area contributed by atoms with E-state index in [4.69, 9.17) is 4.99 Å². The summed E-state index contributed by atoms with van der Waals surface area (Å²) in [5, 5.41) is 6.41. The lowest BCUT2D eigenvalue weighted by atomic mass is 9.85. The fourth-order valence-corrected chi connectivity index (χ4v) is 12.3. The van der Waals surface area contributed by atoms with E-state index < -0.39 is 0 Å². The molecule has 334 valence electrons. The SMILES string of the molecule is C1=CCCC(C2=NC(c3ccc(-n4c5ccccc5c5cc(C6=CCC7C(=C6)C6=C(C=CCC6)N7C6C=C(c7ccc(-c8ccccc8)cc7)C=CC6)ccc54)cc3)C=C(C3CCCCC3)N2)=C1. The largest absolute Gasteiger partial charge is 0.357 e. The molecule has 5 aliphatic carbocycles. The van der Waals surface area contributed by atoms with Crippen LogP contribution in [-0.2, 0) is 0 Å². The number of nitrogens with one attached hydrogen (secondary N) is 1. The number of nitrogens with zero attached hydrogens (tertiary/aromatic N) is 3. The number of para-hydroxylation sites is 1. The van der Waals surface area contributed by atoms with Gasteiger partial charge in [0.05, 0.1) is 29.2 Å². The van der Waals surface area contributed by atoms with Gasteiger partial charge in [-0.3, -0.25) is 4.99 Å². The summed E-state index contributed by atoms with van der Waals surface area (Å²) in [5.74, 6) is 1.66. The first-order chi connectivity index (χ1) is 33.7. The molecule has 0 saturated heterocycles. The average molecular weight is 883 g/mol. The minimum Gasteiger partial charge on any atom is -0.357 e. The van der Waals surface area contributed by atoms with Gasteiger partial charge in [-0.25, -0.2) is 0 Å². The van der Waals surface area contributed by atoms with E-state index in [0.29, 0.717) is 18.0 Å². The number of benzene rings is 5. The fraction of sp³-hybridized carbons (Fsp3) is 0.234. The van der Waals surface area contributed by atoms with Crippen LogP contribution in [0.25, 0.3) is 49.8 Å². The second-order valence-electron chi connectivity index (χ2n) is 19.8. The molecular formula is C64H58N4. The third-order valence-electron chi connectivity index (χ3n) is 15.8. The highest BCUT2D eigenvalue weighted by Crippen LogP contribution is 2.47. The normalized spacial score (nSPS) is 22.5. The first-order valence-corrected chi connectivity index (χ1v) is 25.4. The molecule has 1 N–H and O–H groups in total. The van der Waals surface area contributed by atoms with E-state index in [0.717, 1.165) is 44.4 Å². The van der Waals surface area contributed by atoms with Crippen LogP contribution in [0.15, 0.2) is 221 Å². The smallest absolute Gasteiger partial charge is 0.129 e. The molecule has 0 amide bonds. The Morgan fingerprint density at radius 2 is 1.40 bits per heavy atom. The second-order valence-corrected chi connectivity index (χ2v) is 19.8. The number of hydrogen-bond donors (Lipinski definition) is 1. The standard InChI is InChI=1S/C64H58N4/c1-4-15-43(16-5-1)44-27-29-45(30-28-44)49-21-14-22-53(39-49)68-61-26-13-11-24-55(61)57-41-51(34-38-63(57)68)50-33-37-62-56(40-50)54-23-10-12-25-60(54)67(62)52-35-31-47(32-36-52)59-42-58(46-17-6-2-7-18-46)65-64(66-59)48-19-8-3-9-20-48/h1,3-5,8,10,12-16,19,21,23,25-37,39-42,46,53,59,63H,2,6-7,9,11,17-18,20,22,24,38H2,(H,65,66). The molecule has 3 heterocycles. The third-order valence-corrected chi connectivity index (χ3v) is 15.8.